The highest BCUT2D eigenvalue weighted by molar-refractivity contribution is 5.82. The number of aromatic nitrogens is 2. The lowest BCUT2D eigenvalue weighted by Crippen LogP contribution is -1.89. The van der Waals surface area contributed by atoms with E-state index in [4.69, 9.17) is 0 Å². The maximum atomic E-state index is 4.35. The zero-order valence-electron chi connectivity index (χ0n) is 11.6. The molecule has 0 fully saturated rings. The summed E-state index contributed by atoms with van der Waals surface area (Å²) in [4.78, 5) is 0. The van der Waals surface area contributed by atoms with E-state index in [2.05, 4.69) is 30.2 Å². The molecule has 0 spiro atoms. The summed E-state index contributed by atoms with van der Waals surface area (Å²) < 4.78 is 1.93. The molecule has 0 amide bonds. The van der Waals surface area contributed by atoms with E-state index >= 15 is 0 Å². The van der Waals surface area contributed by atoms with Crippen molar-refractivity contribution in [2.45, 2.75) is 41.5 Å². The molecule has 0 unspecified atom stereocenters. The van der Waals surface area contributed by atoms with Crippen LogP contribution in [-0.2, 0) is 7.05 Å². The second-order valence-corrected chi connectivity index (χ2v) is 3.23. The minimum Gasteiger partial charge on any atom is -0.268 e. The molecule has 0 aliphatic carbocycles. The van der Waals surface area contributed by atoms with Gasteiger partial charge >= 0.3 is 0 Å². The van der Waals surface area contributed by atoms with Crippen LogP contribution in [0.2, 0.25) is 0 Å². The Morgan fingerprint density at radius 2 is 1.56 bits per heavy atom. The second-order valence-electron chi connectivity index (χ2n) is 3.23. The van der Waals surface area contributed by atoms with Crippen molar-refractivity contribution in [1.29, 1.82) is 0 Å². The number of hydrogen-bond acceptors (Lipinski definition) is 1. The van der Waals surface area contributed by atoms with Gasteiger partial charge in [0.15, 0.2) is 0 Å². The van der Waals surface area contributed by atoms with Gasteiger partial charge in [-0.25, -0.2) is 0 Å². The van der Waals surface area contributed by atoms with Gasteiger partial charge in [-0.3, -0.25) is 4.68 Å². The van der Waals surface area contributed by atoms with Crippen molar-refractivity contribution in [1.82, 2.24) is 9.78 Å². The predicted octanol–water partition coefficient (Wildman–Crippen LogP) is 4.24. The van der Waals surface area contributed by atoms with Crippen LogP contribution in [0, 0.1) is 13.8 Å². The van der Waals surface area contributed by atoms with E-state index in [1.807, 2.05) is 46.3 Å². The molecule has 2 nitrogen and oxygen atoms in total. The molecule has 2 aromatic rings. The molecule has 2 rings (SSSR count). The van der Waals surface area contributed by atoms with Crippen LogP contribution in [0.5, 0.6) is 0 Å². The number of aryl methyl sites for hydroxylation is 3. The van der Waals surface area contributed by atoms with Crippen LogP contribution in [0.1, 0.15) is 39.0 Å². The molecule has 0 N–H and O–H groups in total. The summed E-state index contributed by atoms with van der Waals surface area (Å²) in [7, 11) is 1.98. The van der Waals surface area contributed by atoms with Gasteiger partial charge in [-0.1, -0.05) is 39.8 Å². The fourth-order valence-corrected chi connectivity index (χ4v) is 1.55. The summed E-state index contributed by atoms with van der Waals surface area (Å²) in [6, 6.07) is 6.42. The van der Waals surface area contributed by atoms with Gasteiger partial charge < -0.3 is 0 Å². The Labute approximate surface area is 99.3 Å². The van der Waals surface area contributed by atoms with Crippen molar-refractivity contribution >= 4 is 10.9 Å². The Morgan fingerprint density at radius 1 is 1.00 bits per heavy atom. The summed E-state index contributed by atoms with van der Waals surface area (Å²) in [5.41, 5.74) is 3.60. The minimum absolute atomic E-state index is 1.10. The number of fused-ring (bicyclic) bond motifs is 1. The van der Waals surface area contributed by atoms with Crippen LogP contribution in [0.15, 0.2) is 18.2 Å². The minimum atomic E-state index is 1.10. The van der Waals surface area contributed by atoms with E-state index in [1.54, 1.807) is 0 Å². The summed E-state index contributed by atoms with van der Waals surface area (Å²) in [5, 5.41) is 5.60. The molecule has 0 aliphatic rings. The molecule has 0 aliphatic heterocycles. The number of benzene rings is 1. The van der Waals surface area contributed by atoms with Gasteiger partial charge in [0.1, 0.15) is 0 Å². The quantitative estimate of drug-likeness (QED) is 0.649. The van der Waals surface area contributed by atoms with Crippen molar-refractivity contribution in [3.05, 3.63) is 29.5 Å². The molecule has 0 bridgehead atoms. The molecular weight excluding hydrogens is 196 g/mol. The van der Waals surface area contributed by atoms with E-state index in [1.165, 1.54) is 16.5 Å². The van der Waals surface area contributed by atoms with Crippen molar-refractivity contribution in [3.8, 4) is 0 Å². The van der Waals surface area contributed by atoms with Crippen LogP contribution in [0.3, 0.4) is 0 Å². The van der Waals surface area contributed by atoms with Crippen LogP contribution >= 0.6 is 0 Å². The maximum absolute atomic E-state index is 4.35. The van der Waals surface area contributed by atoms with Crippen LogP contribution in [0.25, 0.3) is 10.9 Å². The summed E-state index contributed by atoms with van der Waals surface area (Å²) in [6.07, 6.45) is 0. The molecule has 0 atom stereocenters. The molecule has 2 heteroatoms. The number of rotatable bonds is 0. The van der Waals surface area contributed by atoms with Crippen molar-refractivity contribution in [2.75, 3.05) is 0 Å². The fourth-order valence-electron chi connectivity index (χ4n) is 1.55. The topological polar surface area (TPSA) is 17.8 Å². The fraction of sp³-hybridized carbons (Fsp3) is 0.500. The SMILES string of the molecule is CC.CC.Cc1ccc2c(C)nn(C)c2c1. The van der Waals surface area contributed by atoms with Crippen LogP contribution in [0.4, 0.5) is 0 Å². The van der Waals surface area contributed by atoms with Crippen LogP contribution in [-0.4, -0.2) is 9.78 Å². The first kappa shape index (κ1) is 14.7. The van der Waals surface area contributed by atoms with Crippen molar-refractivity contribution in [3.63, 3.8) is 0 Å². The predicted molar refractivity (Wildman–Crippen MR) is 72.9 cm³/mol. The third-order valence-electron chi connectivity index (χ3n) is 2.19. The summed E-state index contributed by atoms with van der Waals surface area (Å²) in [5.74, 6) is 0. The van der Waals surface area contributed by atoms with Gasteiger partial charge in [0.2, 0.25) is 0 Å². The normalized spacial score (nSPS) is 8.94. The lowest BCUT2D eigenvalue weighted by atomic mass is 10.1. The molecule has 0 saturated carbocycles. The Bertz CT molecular complexity index is 427. The second kappa shape index (κ2) is 7.04. The standard InChI is InChI=1S/C10H12N2.2C2H6/c1-7-4-5-9-8(2)11-12(3)10(9)6-7;2*1-2/h4-6H,1-3H3;2*1-2H3. The highest BCUT2D eigenvalue weighted by atomic mass is 15.3. The van der Waals surface area contributed by atoms with Crippen molar-refractivity contribution in [2.24, 2.45) is 7.05 Å². The molecular formula is C14H24N2. The number of hydrogen-bond donors (Lipinski definition) is 0. The zero-order chi connectivity index (χ0) is 12.7. The lowest BCUT2D eigenvalue weighted by Gasteiger charge is -1.94. The molecule has 1 heterocycles. The third-order valence-corrected chi connectivity index (χ3v) is 2.19. The Hall–Kier alpha value is -1.31. The van der Waals surface area contributed by atoms with E-state index in [9.17, 15) is 0 Å². The van der Waals surface area contributed by atoms with E-state index in [0.717, 1.165) is 5.69 Å². The van der Waals surface area contributed by atoms with Gasteiger partial charge in [-0.05, 0) is 25.5 Å². The molecule has 0 radical (unpaired) electrons. The zero-order valence-corrected chi connectivity index (χ0v) is 11.6. The highest BCUT2D eigenvalue weighted by Crippen LogP contribution is 2.17. The molecule has 1 aromatic heterocycles. The first-order valence-electron chi connectivity index (χ1n) is 6.08. The molecule has 0 saturated heterocycles. The Morgan fingerprint density at radius 3 is 2.12 bits per heavy atom. The van der Waals surface area contributed by atoms with E-state index in [-0.39, 0.29) is 0 Å². The average Bonchev–Trinajstić information content (AvgIpc) is 2.60. The highest BCUT2D eigenvalue weighted by Gasteiger charge is 2.02. The third kappa shape index (κ3) is 3.09. The van der Waals surface area contributed by atoms with Gasteiger partial charge in [0, 0.05) is 12.4 Å². The van der Waals surface area contributed by atoms with E-state index in [0.29, 0.717) is 0 Å². The van der Waals surface area contributed by atoms with Crippen molar-refractivity contribution < 1.29 is 0 Å². The Kier molecular flexibility index (Phi) is 6.47. The summed E-state index contributed by atoms with van der Waals surface area (Å²) in [6.45, 7) is 12.1. The number of nitrogens with zero attached hydrogens (tertiary/aromatic N) is 2. The van der Waals surface area contributed by atoms with Gasteiger partial charge in [-0.15, -0.1) is 0 Å². The Balaban J connectivity index is 0.000000509. The molecule has 90 valence electrons. The first-order valence-corrected chi connectivity index (χ1v) is 6.08. The van der Waals surface area contributed by atoms with Gasteiger partial charge in [-0.2, -0.15) is 5.10 Å². The monoisotopic (exact) mass is 220 g/mol. The van der Waals surface area contributed by atoms with Gasteiger partial charge in [0.25, 0.3) is 0 Å². The maximum Gasteiger partial charge on any atom is 0.0684 e. The first-order chi connectivity index (χ1) is 7.68. The largest absolute Gasteiger partial charge is 0.268 e. The molecule has 1 aromatic carbocycles. The van der Waals surface area contributed by atoms with E-state index < -0.39 is 0 Å². The smallest absolute Gasteiger partial charge is 0.0684 e. The lowest BCUT2D eigenvalue weighted by molar-refractivity contribution is 0.783. The van der Waals surface area contributed by atoms with Crippen LogP contribution < -0.4 is 0 Å². The molecule has 16 heavy (non-hydrogen) atoms. The summed E-state index contributed by atoms with van der Waals surface area (Å²) >= 11 is 0. The van der Waals surface area contributed by atoms with Gasteiger partial charge in [0.05, 0.1) is 11.2 Å². The average molecular weight is 220 g/mol.